The molecule has 0 spiro atoms. The second-order valence-corrected chi connectivity index (χ2v) is 5.55. The van der Waals surface area contributed by atoms with Gasteiger partial charge in [-0.2, -0.15) is 11.8 Å². The van der Waals surface area contributed by atoms with Crippen LogP contribution in [0.5, 0.6) is 0 Å². The van der Waals surface area contributed by atoms with Crippen molar-refractivity contribution in [3.8, 4) is 0 Å². The summed E-state index contributed by atoms with van der Waals surface area (Å²) in [6, 6.07) is 8.44. The van der Waals surface area contributed by atoms with Crippen LogP contribution >= 0.6 is 24.2 Å². The maximum absolute atomic E-state index is 12.1. The van der Waals surface area contributed by atoms with Crippen LogP contribution in [0.15, 0.2) is 30.3 Å². The zero-order valence-corrected chi connectivity index (χ0v) is 14.6. The number of carbonyl (C=O) groups is 2. The van der Waals surface area contributed by atoms with Crippen molar-refractivity contribution >= 4 is 36.0 Å². The highest BCUT2D eigenvalue weighted by Crippen LogP contribution is 2.04. The maximum atomic E-state index is 12.1. The average molecular weight is 346 g/mol. The van der Waals surface area contributed by atoms with Gasteiger partial charge in [-0.3, -0.25) is 9.59 Å². The summed E-state index contributed by atoms with van der Waals surface area (Å²) in [5.41, 5.74) is 0.565. The van der Waals surface area contributed by atoms with Crippen molar-refractivity contribution in [3.05, 3.63) is 35.9 Å². The lowest BCUT2D eigenvalue weighted by molar-refractivity contribution is -0.122. The highest BCUT2D eigenvalue weighted by molar-refractivity contribution is 7.98. The number of nitrogens with one attached hydrogen (secondary N) is 3. The van der Waals surface area contributed by atoms with E-state index in [4.69, 9.17) is 0 Å². The monoisotopic (exact) mass is 345 g/mol. The van der Waals surface area contributed by atoms with Crippen LogP contribution in [-0.2, 0) is 4.79 Å². The lowest BCUT2D eigenvalue weighted by atomic mass is 10.1. The van der Waals surface area contributed by atoms with Crippen LogP contribution in [0.3, 0.4) is 0 Å². The Bertz CT molecular complexity index is 446. The number of hydrogen-bond donors (Lipinski definition) is 3. The molecule has 0 radical (unpaired) electrons. The van der Waals surface area contributed by atoms with E-state index in [1.165, 1.54) is 0 Å². The minimum Gasteiger partial charge on any atom is -0.353 e. The molecular formula is C15H24ClN3O2S. The predicted molar refractivity (Wildman–Crippen MR) is 94.9 cm³/mol. The van der Waals surface area contributed by atoms with Crippen molar-refractivity contribution in [3.63, 3.8) is 0 Å². The maximum Gasteiger partial charge on any atom is 0.251 e. The summed E-state index contributed by atoms with van der Waals surface area (Å²) < 4.78 is 0. The molecule has 3 N–H and O–H groups in total. The van der Waals surface area contributed by atoms with Gasteiger partial charge in [-0.25, -0.2) is 0 Å². The molecule has 0 fully saturated rings. The van der Waals surface area contributed by atoms with E-state index in [-0.39, 0.29) is 24.2 Å². The van der Waals surface area contributed by atoms with Crippen LogP contribution in [-0.4, -0.2) is 50.0 Å². The van der Waals surface area contributed by atoms with Gasteiger partial charge in [-0.1, -0.05) is 18.2 Å². The Balaban J connectivity index is 0.00000441. The Labute approximate surface area is 142 Å². The first-order valence-electron chi connectivity index (χ1n) is 6.96. The normalized spacial score (nSPS) is 11.2. The molecule has 0 heterocycles. The van der Waals surface area contributed by atoms with E-state index >= 15 is 0 Å². The van der Waals surface area contributed by atoms with Gasteiger partial charge in [0.15, 0.2) is 0 Å². The van der Waals surface area contributed by atoms with Crippen LogP contribution in [0.25, 0.3) is 0 Å². The van der Waals surface area contributed by atoms with E-state index in [1.54, 1.807) is 36.0 Å². The van der Waals surface area contributed by atoms with Gasteiger partial charge < -0.3 is 16.0 Å². The molecule has 1 atom stereocenters. The summed E-state index contributed by atoms with van der Waals surface area (Å²) >= 11 is 1.65. The lowest BCUT2D eigenvalue weighted by Gasteiger charge is -2.18. The minimum atomic E-state index is -0.498. The number of carbonyl (C=O) groups excluding carboxylic acids is 2. The fourth-order valence-corrected chi connectivity index (χ4v) is 2.24. The molecule has 124 valence electrons. The Hall–Kier alpha value is -1.24. The number of likely N-dealkylation sites (N-methyl/N-ethyl adjacent to an activating group) is 1. The molecule has 22 heavy (non-hydrogen) atoms. The molecule has 0 bridgehead atoms. The quantitative estimate of drug-likeness (QED) is 0.590. The van der Waals surface area contributed by atoms with Crippen molar-refractivity contribution in [2.45, 2.75) is 12.5 Å². The van der Waals surface area contributed by atoms with E-state index < -0.39 is 6.04 Å². The van der Waals surface area contributed by atoms with Crippen LogP contribution in [0, 0.1) is 0 Å². The number of amides is 2. The van der Waals surface area contributed by atoms with Crippen LogP contribution < -0.4 is 16.0 Å². The van der Waals surface area contributed by atoms with Crippen molar-refractivity contribution in [2.75, 3.05) is 32.1 Å². The topological polar surface area (TPSA) is 70.2 Å². The third-order valence-electron chi connectivity index (χ3n) is 2.94. The van der Waals surface area contributed by atoms with Crippen LogP contribution in [0.4, 0.5) is 0 Å². The molecule has 0 saturated heterocycles. The molecule has 1 unspecified atom stereocenters. The van der Waals surface area contributed by atoms with Crippen molar-refractivity contribution < 1.29 is 9.59 Å². The third kappa shape index (κ3) is 7.68. The third-order valence-corrected chi connectivity index (χ3v) is 3.59. The molecule has 1 aromatic rings. The van der Waals surface area contributed by atoms with E-state index in [2.05, 4.69) is 16.0 Å². The number of halogens is 1. The standard InChI is InChI=1S/C15H23N3O2S.ClH/c1-16-9-10-17-15(20)13(8-11-21-2)18-14(19)12-6-4-3-5-7-12;/h3-7,13,16H,8-11H2,1-2H3,(H,17,20)(H,18,19);1H. The zero-order chi connectivity index (χ0) is 15.5. The first-order chi connectivity index (χ1) is 10.2. The lowest BCUT2D eigenvalue weighted by Crippen LogP contribution is -2.48. The summed E-state index contributed by atoms with van der Waals surface area (Å²) in [5, 5.41) is 8.60. The second-order valence-electron chi connectivity index (χ2n) is 4.57. The molecule has 1 rings (SSSR count). The predicted octanol–water partition coefficient (Wildman–Crippen LogP) is 1.30. The van der Waals surface area contributed by atoms with Gasteiger partial charge in [0.2, 0.25) is 5.91 Å². The summed E-state index contributed by atoms with van der Waals surface area (Å²) in [6.07, 6.45) is 2.60. The molecular weight excluding hydrogens is 322 g/mol. The van der Waals surface area contributed by atoms with Crippen LogP contribution in [0.1, 0.15) is 16.8 Å². The summed E-state index contributed by atoms with van der Waals surface area (Å²) in [6.45, 7) is 1.25. The van der Waals surface area contributed by atoms with Crippen molar-refractivity contribution in [1.29, 1.82) is 0 Å². The van der Waals surface area contributed by atoms with Gasteiger partial charge in [0.25, 0.3) is 5.91 Å². The largest absolute Gasteiger partial charge is 0.353 e. The Kier molecular flexibility index (Phi) is 11.6. The van der Waals surface area contributed by atoms with E-state index in [0.717, 1.165) is 5.75 Å². The molecule has 0 aliphatic carbocycles. The van der Waals surface area contributed by atoms with E-state index in [1.807, 2.05) is 19.4 Å². The first-order valence-corrected chi connectivity index (χ1v) is 8.35. The highest BCUT2D eigenvalue weighted by atomic mass is 35.5. The highest BCUT2D eigenvalue weighted by Gasteiger charge is 2.20. The smallest absolute Gasteiger partial charge is 0.251 e. The Morgan fingerprint density at radius 3 is 2.45 bits per heavy atom. The van der Waals surface area contributed by atoms with Crippen molar-refractivity contribution in [2.24, 2.45) is 0 Å². The number of rotatable bonds is 9. The Morgan fingerprint density at radius 2 is 1.86 bits per heavy atom. The fraction of sp³-hybridized carbons (Fsp3) is 0.467. The molecule has 1 aromatic carbocycles. The number of benzene rings is 1. The van der Waals surface area contributed by atoms with Gasteiger partial charge in [-0.05, 0) is 37.6 Å². The first kappa shape index (κ1) is 20.8. The van der Waals surface area contributed by atoms with Gasteiger partial charge >= 0.3 is 0 Å². The minimum absolute atomic E-state index is 0. The summed E-state index contributed by atoms with van der Waals surface area (Å²) in [7, 11) is 1.83. The average Bonchev–Trinajstić information content (AvgIpc) is 2.52. The zero-order valence-electron chi connectivity index (χ0n) is 12.9. The number of thioether (sulfide) groups is 1. The van der Waals surface area contributed by atoms with E-state index in [0.29, 0.717) is 25.1 Å². The molecule has 5 nitrogen and oxygen atoms in total. The molecule has 7 heteroatoms. The van der Waals surface area contributed by atoms with Gasteiger partial charge in [0.1, 0.15) is 6.04 Å². The molecule has 0 aliphatic heterocycles. The molecule has 0 aromatic heterocycles. The SMILES string of the molecule is CNCCNC(=O)C(CCSC)NC(=O)c1ccccc1.Cl. The molecule has 0 saturated carbocycles. The Morgan fingerprint density at radius 1 is 1.18 bits per heavy atom. The molecule has 0 aliphatic rings. The fourth-order valence-electron chi connectivity index (χ4n) is 1.77. The summed E-state index contributed by atoms with van der Waals surface area (Å²) in [5.74, 6) is 0.466. The van der Waals surface area contributed by atoms with E-state index in [9.17, 15) is 9.59 Å². The molecule has 2 amide bonds. The summed E-state index contributed by atoms with van der Waals surface area (Å²) in [4.78, 5) is 24.3. The van der Waals surface area contributed by atoms with Crippen LogP contribution in [0.2, 0.25) is 0 Å². The second kappa shape index (κ2) is 12.3. The number of hydrogen-bond acceptors (Lipinski definition) is 4. The van der Waals surface area contributed by atoms with Crippen molar-refractivity contribution in [1.82, 2.24) is 16.0 Å². The van der Waals surface area contributed by atoms with Gasteiger partial charge in [-0.15, -0.1) is 12.4 Å². The van der Waals surface area contributed by atoms with Gasteiger partial charge in [0, 0.05) is 18.7 Å². The van der Waals surface area contributed by atoms with Gasteiger partial charge in [0.05, 0.1) is 0 Å².